The van der Waals surface area contributed by atoms with Gasteiger partial charge in [-0.05, 0) is 18.8 Å². The van der Waals surface area contributed by atoms with Crippen LogP contribution in [0.4, 0.5) is 5.95 Å². The van der Waals surface area contributed by atoms with Crippen LogP contribution < -0.4 is 5.32 Å². The summed E-state index contributed by atoms with van der Waals surface area (Å²) in [6, 6.07) is 0. The largest absolute Gasteiger partial charge is 0.294 e. The number of aryl methyl sites for hydroxylation is 1. The fourth-order valence-electron chi connectivity index (χ4n) is 2.47. The Balaban J connectivity index is 2.39. The van der Waals surface area contributed by atoms with Gasteiger partial charge >= 0.3 is 0 Å². The van der Waals surface area contributed by atoms with Crippen LogP contribution in [0, 0.1) is 18.3 Å². The van der Waals surface area contributed by atoms with Crippen LogP contribution in [0.15, 0.2) is 0 Å². The summed E-state index contributed by atoms with van der Waals surface area (Å²) in [4.78, 5) is 32.5. The lowest BCUT2D eigenvalue weighted by Gasteiger charge is -2.30. The van der Waals surface area contributed by atoms with Gasteiger partial charge in [0.25, 0.3) is 0 Å². The van der Waals surface area contributed by atoms with Crippen molar-refractivity contribution in [3.63, 3.8) is 0 Å². The second-order valence-corrected chi connectivity index (χ2v) is 6.54. The van der Waals surface area contributed by atoms with Gasteiger partial charge in [0.15, 0.2) is 5.78 Å². The summed E-state index contributed by atoms with van der Waals surface area (Å²) >= 11 is 0. The van der Waals surface area contributed by atoms with Gasteiger partial charge in [-0.25, -0.2) is 9.97 Å². The number of anilines is 1. The second-order valence-electron chi connectivity index (χ2n) is 6.54. The van der Waals surface area contributed by atoms with E-state index in [2.05, 4.69) is 29.1 Å². The van der Waals surface area contributed by atoms with Crippen LogP contribution in [-0.2, 0) is 11.2 Å². The summed E-state index contributed by atoms with van der Waals surface area (Å²) in [5.41, 5.74) is 1.93. The number of amides is 1. The predicted molar refractivity (Wildman–Crippen MR) is 76.7 cm³/mol. The minimum Gasteiger partial charge on any atom is -0.294 e. The van der Waals surface area contributed by atoms with Crippen LogP contribution in [0.1, 0.15) is 55.9 Å². The Kier molecular flexibility index (Phi) is 3.63. The van der Waals surface area contributed by atoms with E-state index in [-0.39, 0.29) is 23.0 Å². The number of hydrogen-bond donors (Lipinski definition) is 1. The number of hydrogen-bond acceptors (Lipinski definition) is 4. The molecule has 0 radical (unpaired) electrons. The van der Waals surface area contributed by atoms with Gasteiger partial charge in [0.05, 0.1) is 17.0 Å². The number of carbonyl (C=O) groups is 2. The molecule has 0 unspecified atom stereocenters. The van der Waals surface area contributed by atoms with Gasteiger partial charge in [-0.1, -0.05) is 27.7 Å². The van der Waals surface area contributed by atoms with Crippen LogP contribution in [0.5, 0.6) is 0 Å². The van der Waals surface area contributed by atoms with Gasteiger partial charge in [0, 0.05) is 12.3 Å². The average molecular weight is 275 g/mol. The highest BCUT2D eigenvalue weighted by molar-refractivity contribution is 6.00. The van der Waals surface area contributed by atoms with Crippen molar-refractivity contribution < 1.29 is 9.59 Å². The highest BCUT2D eigenvalue weighted by Crippen LogP contribution is 2.35. The molecule has 1 amide bonds. The van der Waals surface area contributed by atoms with E-state index in [4.69, 9.17) is 0 Å². The smallest absolute Gasteiger partial charge is 0.229 e. The zero-order chi connectivity index (χ0) is 15.1. The molecule has 5 nitrogen and oxygen atoms in total. The number of ketones is 1. The van der Waals surface area contributed by atoms with Crippen LogP contribution in [0.2, 0.25) is 0 Å². The quantitative estimate of drug-likeness (QED) is 0.900. The van der Waals surface area contributed by atoms with Crippen molar-refractivity contribution in [2.75, 3.05) is 5.32 Å². The van der Waals surface area contributed by atoms with E-state index in [1.807, 2.05) is 13.8 Å². The molecule has 20 heavy (non-hydrogen) atoms. The van der Waals surface area contributed by atoms with E-state index < -0.39 is 0 Å². The lowest BCUT2D eigenvalue weighted by Crippen LogP contribution is -2.30. The molecule has 0 fully saturated rings. The monoisotopic (exact) mass is 275 g/mol. The molecule has 1 aromatic rings. The third-order valence-corrected chi connectivity index (χ3v) is 3.49. The molecule has 1 N–H and O–H groups in total. The van der Waals surface area contributed by atoms with Crippen LogP contribution in [0.25, 0.3) is 0 Å². The zero-order valence-electron chi connectivity index (χ0n) is 12.7. The fourth-order valence-corrected chi connectivity index (χ4v) is 2.47. The Labute approximate surface area is 119 Å². The van der Waals surface area contributed by atoms with Crippen molar-refractivity contribution in [2.24, 2.45) is 11.3 Å². The van der Waals surface area contributed by atoms with Gasteiger partial charge in [-0.3, -0.25) is 14.9 Å². The first-order chi connectivity index (χ1) is 9.19. The fraction of sp³-hybridized carbons (Fsp3) is 0.600. The minimum atomic E-state index is -0.131. The van der Waals surface area contributed by atoms with E-state index >= 15 is 0 Å². The maximum absolute atomic E-state index is 12.2. The van der Waals surface area contributed by atoms with Gasteiger partial charge in [0.2, 0.25) is 11.9 Å². The molecule has 5 heteroatoms. The van der Waals surface area contributed by atoms with Crippen LogP contribution >= 0.6 is 0 Å². The molecule has 0 saturated carbocycles. The topological polar surface area (TPSA) is 72.0 Å². The second kappa shape index (κ2) is 4.96. The van der Waals surface area contributed by atoms with E-state index in [0.29, 0.717) is 23.6 Å². The first-order valence-electron chi connectivity index (χ1n) is 6.91. The maximum Gasteiger partial charge on any atom is 0.229 e. The maximum atomic E-state index is 12.2. The van der Waals surface area contributed by atoms with Crippen molar-refractivity contribution in [1.29, 1.82) is 0 Å². The van der Waals surface area contributed by atoms with E-state index in [9.17, 15) is 9.59 Å². The molecule has 0 aliphatic heterocycles. The highest BCUT2D eigenvalue weighted by atomic mass is 16.2. The highest BCUT2D eigenvalue weighted by Gasteiger charge is 2.33. The number of carbonyl (C=O) groups excluding carboxylic acids is 2. The summed E-state index contributed by atoms with van der Waals surface area (Å²) in [6.07, 6.45) is 1.24. The molecule has 0 saturated heterocycles. The third kappa shape index (κ3) is 2.86. The van der Waals surface area contributed by atoms with Crippen molar-refractivity contribution in [1.82, 2.24) is 9.97 Å². The lowest BCUT2D eigenvalue weighted by atomic mass is 9.75. The predicted octanol–water partition coefficient (Wildman–Crippen LogP) is 2.53. The number of aromatic nitrogens is 2. The average Bonchev–Trinajstić information content (AvgIpc) is 2.25. The zero-order valence-corrected chi connectivity index (χ0v) is 12.7. The first-order valence-corrected chi connectivity index (χ1v) is 6.91. The van der Waals surface area contributed by atoms with Gasteiger partial charge < -0.3 is 0 Å². The Morgan fingerprint density at radius 3 is 2.50 bits per heavy atom. The van der Waals surface area contributed by atoms with Crippen LogP contribution in [-0.4, -0.2) is 21.7 Å². The Hall–Kier alpha value is -1.78. The van der Waals surface area contributed by atoms with Gasteiger partial charge in [-0.15, -0.1) is 0 Å². The van der Waals surface area contributed by atoms with Crippen molar-refractivity contribution in [3.05, 3.63) is 17.0 Å². The summed E-state index contributed by atoms with van der Waals surface area (Å²) < 4.78 is 0. The van der Waals surface area contributed by atoms with Crippen molar-refractivity contribution in [3.8, 4) is 0 Å². The molecular formula is C15H21N3O2. The van der Waals surface area contributed by atoms with Crippen LogP contribution in [0.3, 0.4) is 0 Å². The van der Waals surface area contributed by atoms with E-state index in [1.165, 1.54) is 0 Å². The first kappa shape index (κ1) is 14.6. The van der Waals surface area contributed by atoms with E-state index in [0.717, 1.165) is 12.1 Å². The van der Waals surface area contributed by atoms with Gasteiger partial charge in [-0.2, -0.15) is 0 Å². The molecule has 0 atom stereocenters. The Bertz CT molecular complexity index is 577. The standard InChI is InChI=1S/C15H21N3O2/c1-8(2)13(20)18-14-16-9(3)12-10(17-14)6-15(4,5)7-11(12)19/h8H,6-7H2,1-5H3,(H,16,17,18,20). The summed E-state index contributed by atoms with van der Waals surface area (Å²) in [7, 11) is 0. The molecule has 0 bridgehead atoms. The van der Waals surface area contributed by atoms with E-state index in [1.54, 1.807) is 6.92 Å². The summed E-state index contributed by atoms with van der Waals surface area (Å²) in [5, 5.41) is 2.70. The SMILES string of the molecule is Cc1nc(NC(=O)C(C)C)nc2c1C(=O)CC(C)(C)C2. The molecule has 1 heterocycles. The number of rotatable bonds is 2. The van der Waals surface area contributed by atoms with Crippen molar-refractivity contribution >= 4 is 17.6 Å². The molecule has 2 rings (SSSR count). The Morgan fingerprint density at radius 2 is 1.90 bits per heavy atom. The molecule has 0 aromatic carbocycles. The number of fused-ring (bicyclic) bond motifs is 1. The molecule has 1 aliphatic rings. The summed E-state index contributed by atoms with van der Waals surface area (Å²) in [6.45, 7) is 9.53. The molecular weight excluding hydrogens is 254 g/mol. The number of nitrogens with zero attached hydrogens (tertiary/aromatic N) is 2. The molecule has 0 spiro atoms. The lowest BCUT2D eigenvalue weighted by molar-refractivity contribution is -0.118. The molecule has 108 valence electrons. The normalized spacial score (nSPS) is 17.0. The summed E-state index contributed by atoms with van der Waals surface area (Å²) in [5.74, 6) is 0.139. The minimum absolute atomic E-state index is 0.0930. The van der Waals surface area contributed by atoms with Gasteiger partial charge in [0.1, 0.15) is 0 Å². The number of Topliss-reactive ketones (excluding diaryl/α,β-unsaturated/α-hetero) is 1. The third-order valence-electron chi connectivity index (χ3n) is 3.49. The van der Waals surface area contributed by atoms with Crippen molar-refractivity contribution in [2.45, 2.75) is 47.5 Å². The molecule has 1 aliphatic carbocycles. The molecule has 1 aromatic heterocycles. The Morgan fingerprint density at radius 1 is 1.25 bits per heavy atom. The number of nitrogens with one attached hydrogen (secondary N) is 1.